The third kappa shape index (κ3) is 4.08. The zero-order valence-electron chi connectivity index (χ0n) is 14.1. The molecule has 2 aliphatic rings. The molecule has 0 saturated carbocycles. The zero-order chi connectivity index (χ0) is 19.6. The second kappa shape index (κ2) is 7.85. The minimum absolute atomic E-state index is 0.0942. The van der Waals surface area contributed by atoms with E-state index in [1.54, 1.807) is 6.08 Å². The molecule has 1 unspecified atom stereocenters. The van der Waals surface area contributed by atoms with Crippen LogP contribution in [0.2, 0.25) is 0 Å². The Balaban J connectivity index is 1.94. The molecular weight excluding hydrogens is 427 g/mol. The summed E-state index contributed by atoms with van der Waals surface area (Å²) in [6.07, 6.45) is 1.83. The largest absolute Gasteiger partial charge is 0.385 e. The number of amides is 1. The van der Waals surface area contributed by atoms with Gasteiger partial charge in [-0.05, 0) is 37.1 Å². The quantitative estimate of drug-likeness (QED) is 0.745. The summed E-state index contributed by atoms with van der Waals surface area (Å²) in [4.78, 5) is 16.2. The van der Waals surface area contributed by atoms with Crippen LogP contribution in [0.5, 0.6) is 0 Å². The highest BCUT2D eigenvalue weighted by molar-refractivity contribution is 9.11. The molecule has 1 aromatic rings. The normalized spacial score (nSPS) is 22.8. The first-order valence-electron chi connectivity index (χ1n) is 8.19. The van der Waals surface area contributed by atoms with E-state index in [1.807, 2.05) is 6.08 Å². The maximum absolute atomic E-state index is 14.4. The number of nitrogens with two attached hydrogens (primary N) is 1. The van der Waals surface area contributed by atoms with Crippen LogP contribution in [0, 0.1) is 5.82 Å². The molecule has 144 valence electrons. The molecule has 1 atom stereocenters. The van der Waals surface area contributed by atoms with E-state index >= 15 is 0 Å². The highest BCUT2D eigenvalue weighted by atomic mass is 79.9. The molecule has 0 bridgehead atoms. The second-order valence-corrected chi connectivity index (χ2v) is 7.18. The maximum Gasteiger partial charge on any atom is 0.269 e. The first-order chi connectivity index (χ1) is 12.8. The van der Waals surface area contributed by atoms with Gasteiger partial charge in [0.2, 0.25) is 0 Å². The number of alkyl halides is 2. The summed E-state index contributed by atoms with van der Waals surface area (Å²) in [5.41, 5.74) is 3.63. The number of amidine groups is 1. The van der Waals surface area contributed by atoms with Crippen molar-refractivity contribution >= 4 is 33.4 Å². The minimum atomic E-state index is -3.04. The van der Waals surface area contributed by atoms with Crippen molar-refractivity contribution in [1.82, 2.24) is 0 Å². The van der Waals surface area contributed by atoms with Crippen molar-refractivity contribution in [1.29, 1.82) is 0 Å². The Bertz CT molecular complexity index is 854. The van der Waals surface area contributed by atoms with Crippen molar-refractivity contribution in [2.75, 3.05) is 18.5 Å². The van der Waals surface area contributed by atoms with Gasteiger partial charge in [-0.3, -0.25) is 9.79 Å². The number of nitrogens with one attached hydrogen (secondary N) is 1. The van der Waals surface area contributed by atoms with Crippen LogP contribution in [0.4, 0.5) is 18.9 Å². The maximum atomic E-state index is 14.4. The first kappa shape index (κ1) is 19.6. The van der Waals surface area contributed by atoms with E-state index in [1.165, 1.54) is 6.07 Å². The molecule has 3 rings (SSSR count). The topological polar surface area (TPSA) is 76.7 Å². The summed E-state index contributed by atoms with van der Waals surface area (Å²) >= 11 is 3.32. The summed E-state index contributed by atoms with van der Waals surface area (Å²) in [7, 11) is 0. The molecule has 27 heavy (non-hydrogen) atoms. The van der Waals surface area contributed by atoms with Crippen molar-refractivity contribution in [3.8, 4) is 0 Å². The van der Waals surface area contributed by atoms with Crippen molar-refractivity contribution in [3.63, 3.8) is 0 Å². The molecule has 1 amide bonds. The van der Waals surface area contributed by atoms with Gasteiger partial charge in [0.05, 0.1) is 6.61 Å². The Hall–Kier alpha value is -2.13. The number of rotatable bonds is 4. The minimum Gasteiger partial charge on any atom is -0.385 e. The van der Waals surface area contributed by atoms with E-state index in [0.717, 1.165) is 16.6 Å². The predicted molar refractivity (Wildman–Crippen MR) is 99.5 cm³/mol. The molecule has 1 aliphatic carbocycles. The lowest BCUT2D eigenvalue weighted by molar-refractivity contribution is -0.113. The van der Waals surface area contributed by atoms with Gasteiger partial charge in [-0.15, -0.1) is 0 Å². The Morgan fingerprint density at radius 3 is 2.85 bits per heavy atom. The van der Waals surface area contributed by atoms with E-state index in [9.17, 15) is 18.0 Å². The van der Waals surface area contributed by atoms with Crippen molar-refractivity contribution in [2.24, 2.45) is 10.7 Å². The van der Waals surface area contributed by atoms with Crippen LogP contribution < -0.4 is 11.1 Å². The number of hydrogen-bond donors (Lipinski definition) is 2. The Morgan fingerprint density at radius 2 is 2.19 bits per heavy atom. The molecule has 1 aliphatic heterocycles. The van der Waals surface area contributed by atoms with Crippen LogP contribution in [0.25, 0.3) is 0 Å². The first-order valence-corrected chi connectivity index (χ1v) is 8.99. The SMILES string of the molecule is NC1=NC(c2cc(NC(=O)C3=CC(Br)=CCC3)ccc2F)(C(F)F)COC1. The molecule has 0 aromatic heterocycles. The lowest BCUT2D eigenvalue weighted by Gasteiger charge is -2.33. The van der Waals surface area contributed by atoms with Crippen molar-refractivity contribution in [3.05, 3.63) is 51.8 Å². The van der Waals surface area contributed by atoms with Crippen LogP contribution in [-0.2, 0) is 15.1 Å². The molecule has 1 aromatic carbocycles. The van der Waals surface area contributed by atoms with Gasteiger partial charge in [-0.25, -0.2) is 13.2 Å². The predicted octanol–water partition coefficient (Wildman–Crippen LogP) is 3.61. The third-order valence-electron chi connectivity index (χ3n) is 4.32. The fraction of sp³-hybridized carbons (Fsp3) is 0.333. The number of halogens is 4. The highest BCUT2D eigenvalue weighted by Gasteiger charge is 2.46. The lowest BCUT2D eigenvalue weighted by atomic mass is 9.90. The molecule has 0 saturated heterocycles. The summed E-state index contributed by atoms with van der Waals surface area (Å²) in [5.74, 6) is -1.40. The Labute approximate surface area is 162 Å². The number of aliphatic imine (C=N–C) groups is 1. The summed E-state index contributed by atoms with van der Waals surface area (Å²) < 4.78 is 47.9. The van der Waals surface area contributed by atoms with E-state index in [-0.39, 0.29) is 29.6 Å². The number of hydrogen-bond acceptors (Lipinski definition) is 4. The van der Waals surface area contributed by atoms with Gasteiger partial charge >= 0.3 is 0 Å². The Kier molecular flexibility index (Phi) is 5.71. The van der Waals surface area contributed by atoms with E-state index < -0.39 is 24.4 Å². The summed E-state index contributed by atoms with van der Waals surface area (Å²) in [6.45, 7) is -0.606. The Morgan fingerprint density at radius 1 is 1.41 bits per heavy atom. The van der Waals surface area contributed by atoms with Crippen molar-refractivity contribution in [2.45, 2.75) is 24.8 Å². The van der Waals surface area contributed by atoms with E-state index in [2.05, 4.69) is 26.2 Å². The molecule has 0 radical (unpaired) electrons. The van der Waals surface area contributed by atoms with Gasteiger partial charge in [-0.2, -0.15) is 0 Å². The number of carbonyl (C=O) groups is 1. The smallest absolute Gasteiger partial charge is 0.269 e. The van der Waals surface area contributed by atoms with Crippen molar-refractivity contribution < 1.29 is 22.7 Å². The fourth-order valence-corrected chi connectivity index (χ4v) is 3.49. The third-order valence-corrected chi connectivity index (χ3v) is 4.88. The standard InChI is InChI=1S/C18H17BrF3N3O2/c19-11-3-1-2-10(6-11)16(26)24-12-4-5-14(20)13(7-12)18(17(21)22)9-27-8-15(23)25-18/h3-7,17H,1-2,8-9H2,(H2,23,25)(H,24,26). The molecule has 0 fully saturated rings. The van der Waals surface area contributed by atoms with Gasteiger partial charge < -0.3 is 15.8 Å². The van der Waals surface area contributed by atoms with Crippen LogP contribution in [0.1, 0.15) is 18.4 Å². The number of carbonyl (C=O) groups excluding carboxylic acids is 1. The zero-order valence-corrected chi connectivity index (χ0v) is 15.7. The molecule has 1 heterocycles. The van der Waals surface area contributed by atoms with Gasteiger partial charge in [-0.1, -0.05) is 22.0 Å². The van der Waals surface area contributed by atoms with Gasteiger partial charge in [0.1, 0.15) is 18.3 Å². The second-order valence-electron chi connectivity index (χ2n) is 6.27. The molecule has 3 N–H and O–H groups in total. The molecule has 9 heteroatoms. The van der Waals surface area contributed by atoms with Gasteiger partial charge in [0, 0.05) is 21.3 Å². The van der Waals surface area contributed by atoms with Crippen LogP contribution >= 0.6 is 15.9 Å². The van der Waals surface area contributed by atoms with E-state index in [4.69, 9.17) is 10.5 Å². The number of benzene rings is 1. The fourth-order valence-electron chi connectivity index (χ4n) is 2.99. The number of anilines is 1. The van der Waals surface area contributed by atoms with Crippen LogP contribution in [0.15, 0.2) is 45.4 Å². The average molecular weight is 444 g/mol. The number of allylic oxidation sites excluding steroid dienone is 3. The van der Waals surface area contributed by atoms with Gasteiger partial charge in [0.25, 0.3) is 12.3 Å². The monoisotopic (exact) mass is 443 g/mol. The number of ether oxygens (including phenoxy) is 1. The van der Waals surface area contributed by atoms with Gasteiger partial charge in [0.15, 0.2) is 5.54 Å². The summed E-state index contributed by atoms with van der Waals surface area (Å²) in [5, 5.41) is 2.62. The lowest BCUT2D eigenvalue weighted by Crippen LogP contribution is -2.45. The number of nitrogens with zero attached hydrogens (tertiary/aromatic N) is 1. The molecular formula is C18H17BrF3N3O2. The highest BCUT2D eigenvalue weighted by Crippen LogP contribution is 2.38. The molecule has 0 spiro atoms. The van der Waals surface area contributed by atoms with Crippen LogP contribution in [-0.4, -0.2) is 31.4 Å². The molecule has 5 nitrogen and oxygen atoms in total. The average Bonchev–Trinajstić information content (AvgIpc) is 2.63. The van der Waals surface area contributed by atoms with E-state index in [0.29, 0.717) is 18.4 Å². The van der Waals surface area contributed by atoms with Crippen LogP contribution in [0.3, 0.4) is 0 Å². The summed E-state index contributed by atoms with van der Waals surface area (Å²) in [6, 6.07) is 3.47.